The maximum absolute atomic E-state index is 13.7. The van der Waals surface area contributed by atoms with E-state index in [1.807, 2.05) is 20.9 Å². The molecule has 0 aliphatic carbocycles. The van der Waals surface area contributed by atoms with Gasteiger partial charge in [0, 0.05) is 42.6 Å². The van der Waals surface area contributed by atoms with E-state index in [2.05, 4.69) is 30.6 Å². The van der Waals surface area contributed by atoms with Gasteiger partial charge in [0.15, 0.2) is 0 Å². The summed E-state index contributed by atoms with van der Waals surface area (Å²) in [7, 11) is 1.84. The molecule has 1 amide bonds. The number of nitrogens with one attached hydrogen (secondary N) is 1. The van der Waals surface area contributed by atoms with E-state index in [1.54, 1.807) is 46.9 Å². The predicted molar refractivity (Wildman–Crippen MR) is 151 cm³/mol. The van der Waals surface area contributed by atoms with Crippen molar-refractivity contribution in [3.63, 3.8) is 0 Å². The fourth-order valence-electron chi connectivity index (χ4n) is 4.84. The average molecular weight is 565 g/mol. The van der Waals surface area contributed by atoms with Crippen molar-refractivity contribution in [1.29, 1.82) is 0 Å². The number of aliphatic imine (C=N–C) groups is 1. The van der Waals surface area contributed by atoms with Crippen LogP contribution in [0.25, 0.3) is 16.9 Å². The van der Waals surface area contributed by atoms with Crippen molar-refractivity contribution in [3.8, 4) is 16.9 Å². The molecule has 41 heavy (non-hydrogen) atoms. The minimum absolute atomic E-state index is 0.00670. The van der Waals surface area contributed by atoms with E-state index in [0.29, 0.717) is 17.2 Å². The van der Waals surface area contributed by atoms with Crippen molar-refractivity contribution in [2.45, 2.75) is 46.2 Å². The van der Waals surface area contributed by atoms with Crippen molar-refractivity contribution < 1.29 is 18.0 Å². The highest BCUT2D eigenvalue weighted by molar-refractivity contribution is 6.05. The lowest BCUT2D eigenvalue weighted by molar-refractivity contribution is -0.137. The van der Waals surface area contributed by atoms with Crippen LogP contribution < -0.4 is 5.32 Å². The Labute approximate surface area is 235 Å². The number of amidine groups is 1. The maximum Gasteiger partial charge on any atom is 0.416 e. The molecule has 2 aromatic carbocycles. The van der Waals surface area contributed by atoms with Gasteiger partial charge in [-0.1, -0.05) is 11.3 Å². The van der Waals surface area contributed by atoms with E-state index >= 15 is 0 Å². The molecule has 1 saturated heterocycles. The summed E-state index contributed by atoms with van der Waals surface area (Å²) in [5.41, 5.74) is 3.35. The number of hydrogen-bond acceptors (Lipinski definition) is 5. The first-order chi connectivity index (χ1) is 19.5. The Morgan fingerprint density at radius 2 is 1.80 bits per heavy atom. The van der Waals surface area contributed by atoms with E-state index in [-0.39, 0.29) is 16.9 Å². The first-order valence-electron chi connectivity index (χ1n) is 13.4. The highest BCUT2D eigenvalue weighted by atomic mass is 19.4. The molecule has 0 atom stereocenters. The van der Waals surface area contributed by atoms with Crippen molar-refractivity contribution in [3.05, 3.63) is 71.2 Å². The summed E-state index contributed by atoms with van der Waals surface area (Å²) in [6, 6.07) is 8.37. The second-order valence-corrected chi connectivity index (χ2v) is 10.2. The van der Waals surface area contributed by atoms with E-state index in [0.717, 1.165) is 61.3 Å². The lowest BCUT2D eigenvalue weighted by atomic mass is 10.1. The Balaban J connectivity index is 1.42. The highest BCUT2D eigenvalue weighted by Crippen LogP contribution is 2.35. The number of hydrogen-bond donors (Lipinski definition) is 1. The summed E-state index contributed by atoms with van der Waals surface area (Å²) in [4.78, 5) is 19.8. The smallest absolute Gasteiger partial charge is 0.360 e. The van der Waals surface area contributed by atoms with Gasteiger partial charge in [-0.25, -0.2) is 9.67 Å². The molecule has 0 spiro atoms. The number of piperidine rings is 1. The number of anilines is 1. The summed E-state index contributed by atoms with van der Waals surface area (Å²) < 4.78 is 44.5. The molecule has 9 nitrogen and oxygen atoms in total. The van der Waals surface area contributed by atoms with Crippen LogP contribution in [0.15, 0.2) is 53.8 Å². The molecule has 5 rings (SSSR count). The quantitative estimate of drug-likeness (QED) is 0.234. The zero-order chi connectivity index (χ0) is 29.3. The zero-order valence-electron chi connectivity index (χ0n) is 23.3. The number of carbonyl (C=O) groups excluding carboxylic acids is 1. The number of amides is 1. The third kappa shape index (κ3) is 6.16. The van der Waals surface area contributed by atoms with Gasteiger partial charge in [0.25, 0.3) is 5.91 Å². The van der Waals surface area contributed by atoms with Gasteiger partial charge in [-0.15, -0.1) is 5.10 Å². The van der Waals surface area contributed by atoms with E-state index < -0.39 is 17.6 Å². The molecule has 0 saturated carbocycles. The van der Waals surface area contributed by atoms with Crippen LogP contribution in [0.3, 0.4) is 0 Å². The fraction of sp³-hybridized carbons (Fsp3) is 0.345. The number of aryl methyl sites for hydroxylation is 2. The number of nitrogens with zero attached hydrogens (tertiary/aromatic N) is 7. The fourth-order valence-corrected chi connectivity index (χ4v) is 4.84. The van der Waals surface area contributed by atoms with Crippen molar-refractivity contribution >= 4 is 23.1 Å². The molecule has 2 aromatic heterocycles. The van der Waals surface area contributed by atoms with E-state index in [9.17, 15) is 18.0 Å². The van der Waals surface area contributed by atoms with Crippen molar-refractivity contribution in [2.24, 2.45) is 12.0 Å². The molecule has 0 radical (unpaired) electrons. The average Bonchev–Trinajstić information content (AvgIpc) is 3.55. The molecule has 1 N–H and O–H groups in total. The van der Waals surface area contributed by atoms with Crippen LogP contribution >= 0.6 is 0 Å². The second kappa shape index (κ2) is 11.2. The summed E-state index contributed by atoms with van der Waals surface area (Å²) in [5.74, 6) is 0.0925. The topological polar surface area (TPSA) is 93.2 Å². The molecule has 0 unspecified atom stereocenters. The third-order valence-corrected chi connectivity index (χ3v) is 7.33. The van der Waals surface area contributed by atoms with Gasteiger partial charge in [0.1, 0.15) is 11.5 Å². The van der Waals surface area contributed by atoms with Crippen LogP contribution in [0, 0.1) is 13.8 Å². The first-order valence-corrected chi connectivity index (χ1v) is 13.4. The molecule has 1 aliphatic rings. The van der Waals surface area contributed by atoms with Crippen LogP contribution in [0.4, 0.5) is 24.5 Å². The molecule has 1 aliphatic heterocycles. The molecule has 214 valence electrons. The minimum atomic E-state index is -4.60. The van der Waals surface area contributed by atoms with Crippen LogP contribution in [0.2, 0.25) is 0 Å². The molecular formula is C29H31F3N8O. The normalized spacial score (nSPS) is 14.4. The Morgan fingerprint density at radius 1 is 1.05 bits per heavy atom. The summed E-state index contributed by atoms with van der Waals surface area (Å²) >= 11 is 0. The number of halogens is 3. The van der Waals surface area contributed by atoms with Crippen LogP contribution in [-0.4, -0.2) is 54.5 Å². The number of alkyl halides is 3. The van der Waals surface area contributed by atoms with Gasteiger partial charge in [0.2, 0.25) is 0 Å². The van der Waals surface area contributed by atoms with Crippen molar-refractivity contribution in [1.82, 2.24) is 29.7 Å². The SMILES string of the molecule is C/C(=N\c1cc(NC(=O)c2ccc(C)c(-n3cc(-c4cnn(C)c4C)nn3)c2)cc(C(F)(F)F)c1)N1CCCCC1. The summed E-state index contributed by atoms with van der Waals surface area (Å²) in [6.45, 7) is 7.24. The second-order valence-electron chi connectivity index (χ2n) is 10.2. The van der Waals surface area contributed by atoms with Gasteiger partial charge < -0.3 is 10.2 Å². The molecule has 12 heteroatoms. The van der Waals surface area contributed by atoms with E-state index in [1.165, 1.54) is 6.07 Å². The summed E-state index contributed by atoms with van der Waals surface area (Å²) in [5, 5.41) is 15.4. The number of benzene rings is 2. The third-order valence-electron chi connectivity index (χ3n) is 7.33. The number of carbonyl (C=O) groups is 1. The predicted octanol–water partition coefficient (Wildman–Crippen LogP) is 6.09. The molecule has 4 aromatic rings. The maximum atomic E-state index is 13.7. The minimum Gasteiger partial charge on any atom is -0.360 e. The molecule has 1 fully saturated rings. The highest BCUT2D eigenvalue weighted by Gasteiger charge is 2.31. The Morgan fingerprint density at radius 3 is 2.49 bits per heavy atom. The van der Waals surface area contributed by atoms with Gasteiger partial charge in [0.05, 0.1) is 29.3 Å². The first kappa shape index (κ1) is 28.1. The number of likely N-dealkylation sites (tertiary alicyclic amines) is 1. The number of rotatable bonds is 5. The van der Waals surface area contributed by atoms with Gasteiger partial charge in [-0.2, -0.15) is 18.3 Å². The standard InChI is InChI=1S/C29H31F3N8O/c1-18-8-9-21(12-27(18)40-17-26(36-37-40)25-16-33-38(4)19(25)2)28(41)35-24-14-22(29(30,31)32)13-23(15-24)34-20(3)39-10-6-5-7-11-39/h8-9,12-17H,5-7,10-11H2,1-4H3,(H,35,41)/b34-20+. The van der Waals surface area contributed by atoms with Gasteiger partial charge in [-0.3, -0.25) is 9.48 Å². The number of aromatic nitrogens is 5. The molecule has 0 bridgehead atoms. The Kier molecular flexibility index (Phi) is 7.65. The largest absolute Gasteiger partial charge is 0.416 e. The molecule has 3 heterocycles. The lowest BCUT2D eigenvalue weighted by Gasteiger charge is -2.28. The zero-order valence-corrected chi connectivity index (χ0v) is 23.3. The van der Waals surface area contributed by atoms with Crippen LogP contribution in [-0.2, 0) is 13.2 Å². The Hall–Kier alpha value is -4.48. The summed E-state index contributed by atoms with van der Waals surface area (Å²) in [6.07, 6.45) is 2.03. The Bertz CT molecular complexity index is 1610. The lowest BCUT2D eigenvalue weighted by Crippen LogP contribution is -2.33. The van der Waals surface area contributed by atoms with Crippen molar-refractivity contribution in [2.75, 3.05) is 18.4 Å². The van der Waals surface area contributed by atoms with E-state index in [4.69, 9.17) is 0 Å². The monoisotopic (exact) mass is 564 g/mol. The van der Waals surface area contributed by atoms with Crippen LogP contribution in [0.5, 0.6) is 0 Å². The molecular weight excluding hydrogens is 533 g/mol. The van der Waals surface area contributed by atoms with Gasteiger partial charge in [-0.05, 0) is 75.9 Å². The van der Waals surface area contributed by atoms with Crippen LogP contribution in [0.1, 0.15) is 53.4 Å². The van der Waals surface area contributed by atoms with Gasteiger partial charge >= 0.3 is 6.18 Å².